The first-order chi connectivity index (χ1) is 9.67. The van der Waals surface area contributed by atoms with E-state index in [-0.39, 0.29) is 0 Å². The van der Waals surface area contributed by atoms with E-state index >= 15 is 0 Å². The Hall–Kier alpha value is -0.470. The van der Waals surface area contributed by atoms with Crippen molar-refractivity contribution in [2.45, 2.75) is 13.8 Å². The molecule has 0 aliphatic rings. The van der Waals surface area contributed by atoms with Gasteiger partial charge in [0, 0.05) is 10.5 Å². The van der Waals surface area contributed by atoms with Gasteiger partial charge in [-0.2, -0.15) is 0 Å². The molecule has 0 heterocycles. The number of halogens is 3. The lowest BCUT2D eigenvalue weighted by Crippen LogP contribution is -2.68. The van der Waals surface area contributed by atoms with Crippen molar-refractivity contribution < 1.29 is 33.5 Å². The molecule has 0 bridgehead atoms. The fourth-order valence-corrected chi connectivity index (χ4v) is 1.76. The van der Waals surface area contributed by atoms with E-state index in [9.17, 15) is 0 Å². The Morgan fingerprint density at radius 2 is 1.57 bits per heavy atom. The predicted octanol–water partition coefficient (Wildman–Crippen LogP) is -0.604. The molecular weight excluding hydrogens is 385 g/mol. The van der Waals surface area contributed by atoms with Crippen LogP contribution < -0.4 is 18.6 Å². The van der Waals surface area contributed by atoms with Crippen LogP contribution in [0.25, 0.3) is 5.03 Å². The van der Waals surface area contributed by atoms with Crippen LogP contribution in [-0.2, 0) is 0 Å². The molecule has 1 rings (SSSR count). The minimum Gasteiger partial charge on any atom is -0.237 e. The number of hydrogen-bond donors (Lipinski definition) is 0. The summed E-state index contributed by atoms with van der Waals surface area (Å²) in [5.74, 6) is 0. The van der Waals surface area contributed by atoms with Gasteiger partial charge in [-0.05, 0) is 31.5 Å². The standard InChI is InChI=1S/C13H16BrClN.ClHO4/c1-3-16(4-2)10-9-13(15)11-5-7-12(14)8-6-11;2-1(3,4)5/h5-10H,3-4H2,1-2H3;(H,2,3,4,5)/q+1;/p-1. The van der Waals surface area contributed by atoms with E-state index < -0.39 is 10.2 Å². The Balaban J connectivity index is 0.000000690. The third-order valence-electron chi connectivity index (χ3n) is 2.36. The summed E-state index contributed by atoms with van der Waals surface area (Å²) in [5.41, 5.74) is 1.04. The van der Waals surface area contributed by atoms with Crippen LogP contribution in [0.5, 0.6) is 0 Å². The van der Waals surface area contributed by atoms with E-state index in [0.717, 1.165) is 28.2 Å². The molecule has 0 fully saturated rings. The molecule has 0 saturated heterocycles. The topological polar surface area (TPSA) is 95.2 Å². The van der Waals surface area contributed by atoms with Crippen molar-refractivity contribution >= 4 is 38.8 Å². The molecule has 0 aliphatic carbocycles. The number of rotatable bonds is 4. The lowest BCUT2D eigenvalue weighted by molar-refractivity contribution is -2.00. The number of hydrogen-bond acceptors (Lipinski definition) is 4. The van der Waals surface area contributed by atoms with Crippen LogP contribution in [0, 0.1) is 10.2 Å². The summed E-state index contributed by atoms with van der Waals surface area (Å²) >= 11 is 9.61. The van der Waals surface area contributed by atoms with Gasteiger partial charge >= 0.3 is 0 Å². The second kappa shape index (κ2) is 10.3. The Morgan fingerprint density at radius 3 is 1.95 bits per heavy atom. The van der Waals surface area contributed by atoms with E-state index in [1.807, 2.05) is 36.6 Å². The monoisotopic (exact) mass is 399 g/mol. The average molecular weight is 401 g/mol. The van der Waals surface area contributed by atoms with Gasteiger partial charge < -0.3 is 0 Å². The third kappa shape index (κ3) is 11.8. The van der Waals surface area contributed by atoms with Gasteiger partial charge in [0.25, 0.3) is 0 Å². The molecule has 0 atom stereocenters. The van der Waals surface area contributed by atoms with Crippen LogP contribution in [-0.4, -0.2) is 23.9 Å². The van der Waals surface area contributed by atoms with Crippen molar-refractivity contribution in [3.8, 4) is 0 Å². The zero-order valence-electron chi connectivity index (χ0n) is 11.6. The van der Waals surface area contributed by atoms with Crippen LogP contribution in [0.3, 0.4) is 0 Å². The number of allylic oxidation sites excluding steroid dienone is 1. The van der Waals surface area contributed by atoms with E-state index in [2.05, 4.69) is 34.4 Å². The normalized spacial score (nSPS) is 11.5. The lowest BCUT2D eigenvalue weighted by Gasteiger charge is -2.17. The highest BCUT2D eigenvalue weighted by molar-refractivity contribution is 9.10. The van der Waals surface area contributed by atoms with E-state index in [4.69, 9.17) is 30.2 Å². The highest BCUT2D eigenvalue weighted by Crippen LogP contribution is 2.20. The molecule has 0 N–H and O–H groups in total. The molecule has 8 heteroatoms. The van der Waals surface area contributed by atoms with Crippen molar-refractivity contribution in [3.05, 3.63) is 40.4 Å². The molecule has 0 radical (unpaired) electrons. The quantitative estimate of drug-likeness (QED) is 0.497. The molecule has 118 valence electrons. The van der Waals surface area contributed by atoms with Gasteiger partial charge in [-0.3, -0.25) is 0 Å². The van der Waals surface area contributed by atoms with Crippen molar-refractivity contribution in [1.82, 2.24) is 0 Å². The maximum Gasteiger partial charge on any atom is 0.164 e. The molecule has 0 saturated carbocycles. The molecule has 0 unspecified atom stereocenters. The van der Waals surface area contributed by atoms with Crippen molar-refractivity contribution in [2.75, 3.05) is 13.1 Å². The molecule has 0 aromatic heterocycles. The first-order valence-corrected chi connectivity index (χ1v) is 8.40. The van der Waals surface area contributed by atoms with Gasteiger partial charge in [0.1, 0.15) is 13.1 Å². The molecule has 0 aliphatic heterocycles. The summed E-state index contributed by atoms with van der Waals surface area (Å²) in [5, 5.41) is 0.763. The fourth-order valence-electron chi connectivity index (χ4n) is 1.31. The van der Waals surface area contributed by atoms with Gasteiger partial charge in [-0.15, -0.1) is 10.2 Å². The highest BCUT2D eigenvalue weighted by atomic mass is 79.9. The molecule has 5 nitrogen and oxygen atoms in total. The third-order valence-corrected chi connectivity index (χ3v) is 3.24. The van der Waals surface area contributed by atoms with Gasteiger partial charge in [-0.25, -0.2) is 23.2 Å². The van der Waals surface area contributed by atoms with Crippen LogP contribution in [0.15, 0.2) is 34.8 Å². The molecule has 21 heavy (non-hydrogen) atoms. The van der Waals surface area contributed by atoms with Crippen molar-refractivity contribution in [1.29, 1.82) is 0 Å². The Morgan fingerprint density at radius 1 is 1.14 bits per heavy atom. The van der Waals surface area contributed by atoms with Crippen LogP contribution in [0.1, 0.15) is 19.4 Å². The number of nitrogens with zero attached hydrogens (tertiary/aromatic N) is 1. The minimum absolute atomic E-state index is 0.763. The highest BCUT2D eigenvalue weighted by Gasteiger charge is 1.98. The summed E-state index contributed by atoms with van der Waals surface area (Å²) in [6.07, 6.45) is 3.97. The second-order valence-corrected chi connectivity index (χ2v) is 5.85. The van der Waals surface area contributed by atoms with Crippen LogP contribution in [0.2, 0.25) is 0 Å². The van der Waals surface area contributed by atoms with Crippen LogP contribution in [0.4, 0.5) is 0 Å². The molecule has 1 aromatic carbocycles. The molecule has 1 aromatic rings. The van der Waals surface area contributed by atoms with E-state index in [1.165, 1.54) is 0 Å². The first-order valence-electron chi connectivity index (χ1n) is 5.99. The summed E-state index contributed by atoms with van der Waals surface area (Å²) in [7, 11) is -4.94. The van der Waals surface area contributed by atoms with Crippen LogP contribution >= 0.6 is 27.5 Å². The van der Waals surface area contributed by atoms with Crippen molar-refractivity contribution in [2.24, 2.45) is 0 Å². The molecule has 0 spiro atoms. The molecule has 0 amide bonds. The fraction of sp³-hybridized carbons (Fsp3) is 0.308. The van der Waals surface area contributed by atoms with Crippen molar-refractivity contribution in [3.63, 3.8) is 0 Å². The largest absolute Gasteiger partial charge is 0.237 e. The van der Waals surface area contributed by atoms with Gasteiger partial charge in [0.05, 0.1) is 5.03 Å². The predicted molar refractivity (Wildman–Crippen MR) is 75.4 cm³/mol. The van der Waals surface area contributed by atoms with Gasteiger partial charge in [-0.1, -0.05) is 39.7 Å². The van der Waals surface area contributed by atoms with E-state index in [0.29, 0.717) is 0 Å². The minimum atomic E-state index is -4.94. The maximum atomic E-state index is 8.49. The summed E-state index contributed by atoms with van der Waals surface area (Å²) in [6, 6.07) is 7.98. The zero-order valence-corrected chi connectivity index (χ0v) is 14.7. The molecular formula is C13H16BrCl2NO4. The summed E-state index contributed by atoms with van der Waals surface area (Å²) < 4.78 is 37.2. The second-order valence-electron chi connectivity index (χ2n) is 3.77. The Kier molecular flexibility index (Phi) is 10.1. The van der Waals surface area contributed by atoms with Gasteiger partial charge in [0.2, 0.25) is 0 Å². The number of benzene rings is 1. The zero-order chi connectivity index (χ0) is 16.5. The average Bonchev–Trinajstić information content (AvgIpc) is 2.38. The van der Waals surface area contributed by atoms with Gasteiger partial charge in [0.15, 0.2) is 6.21 Å². The lowest BCUT2D eigenvalue weighted by atomic mass is 10.2. The summed E-state index contributed by atoms with van der Waals surface area (Å²) in [6.45, 7) is 6.25. The Labute approximate surface area is 139 Å². The smallest absolute Gasteiger partial charge is 0.164 e. The maximum absolute atomic E-state index is 8.49. The SMILES string of the molecule is CC[N+](=CC=C(Cl)c1ccc(Br)cc1)CC.[O-][Cl+3]([O-])([O-])[O-]. The summed E-state index contributed by atoms with van der Waals surface area (Å²) in [4.78, 5) is 0. The Bertz CT molecular complexity index is 472. The van der Waals surface area contributed by atoms with E-state index in [1.54, 1.807) is 0 Å². The first kappa shape index (κ1) is 20.5.